The summed E-state index contributed by atoms with van der Waals surface area (Å²) in [6.07, 6.45) is 3.44. The highest BCUT2D eigenvalue weighted by Crippen LogP contribution is 2.34. The highest BCUT2D eigenvalue weighted by Gasteiger charge is 2.31. The van der Waals surface area contributed by atoms with E-state index in [2.05, 4.69) is 4.74 Å². The van der Waals surface area contributed by atoms with Crippen molar-refractivity contribution in [3.8, 4) is 5.75 Å². The zero-order valence-electron chi connectivity index (χ0n) is 13.7. The van der Waals surface area contributed by atoms with Crippen LogP contribution in [0.2, 0.25) is 0 Å². The van der Waals surface area contributed by atoms with Gasteiger partial charge in [-0.25, -0.2) is 0 Å². The van der Waals surface area contributed by atoms with E-state index in [9.17, 15) is 18.4 Å². The number of rotatable bonds is 9. The first-order valence-electron chi connectivity index (χ1n) is 7.89. The van der Waals surface area contributed by atoms with Crippen LogP contribution in [0, 0.1) is 0 Å². The van der Waals surface area contributed by atoms with Crippen molar-refractivity contribution >= 4 is 46.3 Å². The minimum absolute atomic E-state index is 0.0126. The van der Waals surface area contributed by atoms with Crippen molar-refractivity contribution in [2.45, 2.75) is 32.3 Å². The van der Waals surface area contributed by atoms with Gasteiger partial charge in [0.15, 0.2) is 0 Å². The van der Waals surface area contributed by atoms with Gasteiger partial charge in [-0.2, -0.15) is 8.78 Å². The predicted octanol–water partition coefficient (Wildman–Crippen LogP) is 4.13. The number of para-hydroxylation sites is 1. The number of unbranched alkanes of at least 4 members (excludes halogenated alkanes) is 2. The first-order chi connectivity index (χ1) is 12.4. The molecule has 1 saturated heterocycles. The molecule has 0 aliphatic carbocycles. The van der Waals surface area contributed by atoms with Crippen LogP contribution in [0.5, 0.6) is 5.75 Å². The van der Waals surface area contributed by atoms with Gasteiger partial charge in [0.1, 0.15) is 10.1 Å². The number of amides is 1. The molecule has 0 radical (unpaired) electrons. The van der Waals surface area contributed by atoms with Crippen LogP contribution in [0.15, 0.2) is 29.2 Å². The van der Waals surface area contributed by atoms with Crippen LogP contribution in [-0.4, -0.2) is 39.4 Å². The van der Waals surface area contributed by atoms with Gasteiger partial charge in [-0.1, -0.05) is 48.6 Å². The highest BCUT2D eigenvalue weighted by molar-refractivity contribution is 8.26. The average Bonchev–Trinajstić information content (AvgIpc) is 2.83. The van der Waals surface area contributed by atoms with E-state index < -0.39 is 12.6 Å². The number of thioether (sulfide) groups is 1. The Morgan fingerprint density at radius 2 is 2.04 bits per heavy atom. The number of hydrogen-bond acceptors (Lipinski definition) is 5. The van der Waals surface area contributed by atoms with Crippen molar-refractivity contribution in [3.05, 3.63) is 34.7 Å². The van der Waals surface area contributed by atoms with E-state index in [4.69, 9.17) is 17.3 Å². The Hall–Kier alpha value is -2.00. The van der Waals surface area contributed by atoms with Crippen LogP contribution in [0.1, 0.15) is 31.2 Å². The Bertz CT molecular complexity index is 724. The number of nitrogens with zero attached hydrogens (tertiary/aromatic N) is 1. The summed E-state index contributed by atoms with van der Waals surface area (Å²) in [5, 5.41) is 8.61. The number of thiocarbonyl (C=S) groups is 1. The molecule has 1 heterocycles. The Labute approximate surface area is 159 Å². The monoisotopic (exact) mass is 401 g/mol. The van der Waals surface area contributed by atoms with E-state index in [1.807, 2.05) is 0 Å². The SMILES string of the molecule is O=C(O)CCCCCN1C(=O)/C(=C\c2ccccc2OC(F)F)SC1=S. The zero-order chi connectivity index (χ0) is 19.1. The molecular weight excluding hydrogens is 384 g/mol. The van der Waals surface area contributed by atoms with Crippen LogP contribution < -0.4 is 4.74 Å². The number of carbonyl (C=O) groups is 2. The minimum atomic E-state index is -2.95. The second-order valence-corrected chi connectivity index (χ2v) is 7.13. The van der Waals surface area contributed by atoms with Gasteiger partial charge in [-0.15, -0.1) is 0 Å². The molecule has 1 amide bonds. The molecular formula is C17H17F2NO4S2. The maximum absolute atomic E-state index is 12.5. The fourth-order valence-corrected chi connectivity index (χ4v) is 3.66. The van der Waals surface area contributed by atoms with Crippen molar-refractivity contribution in [1.82, 2.24) is 4.90 Å². The number of carboxylic acid groups (broad SMARTS) is 1. The lowest BCUT2D eigenvalue weighted by molar-refractivity contribution is -0.137. The lowest BCUT2D eigenvalue weighted by atomic mass is 10.1. The molecule has 0 spiro atoms. The molecule has 0 unspecified atom stereocenters. The van der Waals surface area contributed by atoms with E-state index in [-0.39, 0.29) is 18.1 Å². The maximum Gasteiger partial charge on any atom is 0.387 e. The first kappa shape index (κ1) is 20.3. The molecule has 1 aliphatic rings. The summed E-state index contributed by atoms with van der Waals surface area (Å²) >= 11 is 6.32. The van der Waals surface area contributed by atoms with Gasteiger partial charge in [0.05, 0.1) is 4.91 Å². The van der Waals surface area contributed by atoms with Crippen molar-refractivity contribution in [3.63, 3.8) is 0 Å². The third-order valence-electron chi connectivity index (χ3n) is 3.57. The summed E-state index contributed by atoms with van der Waals surface area (Å²) in [6.45, 7) is -2.55. The number of ether oxygens (including phenoxy) is 1. The zero-order valence-corrected chi connectivity index (χ0v) is 15.3. The second-order valence-electron chi connectivity index (χ2n) is 5.45. The number of hydrogen-bond donors (Lipinski definition) is 1. The summed E-state index contributed by atoms with van der Waals surface area (Å²) in [5.74, 6) is -1.14. The fourth-order valence-electron chi connectivity index (χ4n) is 2.36. The lowest BCUT2D eigenvalue weighted by Crippen LogP contribution is -2.29. The summed E-state index contributed by atoms with van der Waals surface area (Å²) in [6, 6.07) is 6.21. The molecule has 26 heavy (non-hydrogen) atoms. The molecule has 0 atom stereocenters. The fraction of sp³-hybridized carbons (Fsp3) is 0.353. The second kappa shape index (κ2) is 9.63. The number of carbonyl (C=O) groups excluding carboxylic acids is 1. The molecule has 9 heteroatoms. The third-order valence-corrected chi connectivity index (χ3v) is 4.95. The van der Waals surface area contributed by atoms with Crippen LogP contribution in [0.25, 0.3) is 6.08 Å². The molecule has 5 nitrogen and oxygen atoms in total. The number of benzene rings is 1. The van der Waals surface area contributed by atoms with Gasteiger partial charge in [0.2, 0.25) is 0 Å². The van der Waals surface area contributed by atoms with Crippen molar-refractivity contribution in [2.24, 2.45) is 0 Å². The van der Waals surface area contributed by atoms with E-state index in [1.165, 1.54) is 17.0 Å². The van der Waals surface area contributed by atoms with Gasteiger partial charge < -0.3 is 9.84 Å². The molecule has 140 valence electrons. The van der Waals surface area contributed by atoms with Gasteiger partial charge in [-0.3, -0.25) is 14.5 Å². The summed E-state index contributed by atoms with van der Waals surface area (Å²) in [5.41, 5.74) is 0.370. The molecule has 0 saturated carbocycles. The van der Waals surface area contributed by atoms with Crippen LogP contribution in [0.4, 0.5) is 8.78 Å². The normalized spacial score (nSPS) is 16.0. The van der Waals surface area contributed by atoms with Crippen LogP contribution >= 0.6 is 24.0 Å². The largest absolute Gasteiger partial charge is 0.481 e. The van der Waals surface area contributed by atoms with E-state index in [0.29, 0.717) is 40.6 Å². The van der Waals surface area contributed by atoms with Gasteiger partial charge in [0, 0.05) is 18.5 Å². The predicted molar refractivity (Wildman–Crippen MR) is 99.1 cm³/mol. The molecule has 1 aromatic rings. The van der Waals surface area contributed by atoms with Gasteiger partial charge in [0.25, 0.3) is 5.91 Å². The standard InChI is InChI=1S/C17H17F2NO4S2/c18-16(19)24-12-7-4-3-6-11(12)10-13-15(23)20(17(25)26-13)9-5-1-2-8-14(21)22/h3-4,6-7,10,16H,1-2,5,8-9H2,(H,21,22)/b13-10+. The van der Waals surface area contributed by atoms with Crippen LogP contribution in [0.3, 0.4) is 0 Å². The maximum atomic E-state index is 12.5. The average molecular weight is 401 g/mol. The summed E-state index contributed by atoms with van der Waals surface area (Å²) < 4.78 is 29.8. The highest BCUT2D eigenvalue weighted by atomic mass is 32.2. The lowest BCUT2D eigenvalue weighted by Gasteiger charge is -2.13. The first-order valence-corrected chi connectivity index (χ1v) is 9.12. The molecule has 1 N–H and O–H groups in total. The Morgan fingerprint density at radius 3 is 2.73 bits per heavy atom. The molecule has 1 fully saturated rings. The van der Waals surface area contributed by atoms with Crippen molar-refractivity contribution in [1.29, 1.82) is 0 Å². The number of halogens is 2. The number of carboxylic acids is 1. The molecule has 1 aromatic carbocycles. The minimum Gasteiger partial charge on any atom is -0.481 e. The quantitative estimate of drug-likeness (QED) is 0.381. The topological polar surface area (TPSA) is 66.8 Å². The molecule has 0 bridgehead atoms. The Morgan fingerprint density at radius 1 is 1.31 bits per heavy atom. The Kier molecular flexibility index (Phi) is 7.52. The number of aliphatic carboxylic acids is 1. The molecule has 2 rings (SSSR count). The van der Waals surface area contributed by atoms with Crippen molar-refractivity contribution < 1.29 is 28.2 Å². The molecule has 1 aliphatic heterocycles. The summed E-state index contributed by atoms with van der Waals surface area (Å²) in [4.78, 5) is 24.8. The third kappa shape index (κ3) is 5.77. The smallest absolute Gasteiger partial charge is 0.387 e. The number of alkyl halides is 2. The molecule has 0 aromatic heterocycles. The van der Waals surface area contributed by atoms with E-state index in [1.54, 1.807) is 18.2 Å². The van der Waals surface area contributed by atoms with Crippen molar-refractivity contribution in [2.75, 3.05) is 6.54 Å². The van der Waals surface area contributed by atoms with Crippen LogP contribution in [-0.2, 0) is 9.59 Å². The van der Waals surface area contributed by atoms with Gasteiger partial charge in [-0.05, 0) is 25.0 Å². The van der Waals surface area contributed by atoms with E-state index in [0.717, 1.165) is 11.8 Å². The summed E-state index contributed by atoms with van der Waals surface area (Å²) in [7, 11) is 0. The van der Waals surface area contributed by atoms with Gasteiger partial charge >= 0.3 is 12.6 Å². The Balaban J connectivity index is 2.02. The van der Waals surface area contributed by atoms with E-state index >= 15 is 0 Å².